The molecule has 4 rings (SSSR count). The van der Waals surface area contributed by atoms with Crippen molar-refractivity contribution < 1.29 is 18.4 Å². The molecule has 3 heterocycles. The lowest BCUT2D eigenvalue weighted by atomic mass is 9.92. The van der Waals surface area contributed by atoms with Crippen molar-refractivity contribution in [3.8, 4) is 0 Å². The minimum atomic E-state index is -0.424. The fourth-order valence-electron chi connectivity index (χ4n) is 4.29. The van der Waals surface area contributed by atoms with Gasteiger partial charge in [-0.2, -0.15) is 0 Å². The van der Waals surface area contributed by atoms with Crippen LogP contribution in [0, 0.1) is 18.7 Å². The number of carbonyl (C=O) groups excluding carboxylic acids is 2. The average molecular weight is 435 g/mol. The highest BCUT2D eigenvalue weighted by Crippen LogP contribution is 2.31. The van der Waals surface area contributed by atoms with Crippen molar-refractivity contribution in [1.82, 2.24) is 14.8 Å². The van der Waals surface area contributed by atoms with Gasteiger partial charge in [-0.3, -0.25) is 14.6 Å². The SMILES string of the molecule is Cc1cccnc1C(c1ccc(F)cc1)N(C)C(=O)C1CCN(C(=O)c2ccco2)CC1. The van der Waals surface area contributed by atoms with Crippen LogP contribution in [-0.4, -0.2) is 46.7 Å². The second-order valence-electron chi connectivity index (χ2n) is 8.15. The molecule has 0 aliphatic carbocycles. The summed E-state index contributed by atoms with van der Waals surface area (Å²) in [6.45, 7) is 2.94. The Labute approximate surface area is 186 Å². The fourth-order valence-corrected chi connectivity index (χ4v) is 4.29. The third-order valence-corrected chi connectivity index (χ3v) is 6.09. The van der Waals surface area contributed by atoms with Crippen LogP contribution in [0.25, 0.3) is 0 Å². The van der Waals surface area contributed by atoms with E-state index in [4.69, 9.17) is 4.42 Å². The number of rotatable bonds is 5. The largest absolute Gasteiger partial charge is 0.459 e. The molecule has 1 fully saturated rings. The highest BCUT2D eigenvalue weighted by molar-refractivity contribution is 5.91. The molecule has 1 atom stereocenters. The van der Waals surface area contributed by atoms with E-state index in [1.165, 1.54) is 18.4 Å². The van der Waals surface area contributed by atoms with Crippen molar-refractivity contribution in [2.24, 2.45) is 5.92 Å². The zero-order chi connectivity index (χ0) is 22.7. The first-order valence-electron chi connectivity index (χ1n) is 10.7. The molecule has 32 heavy (non-hydrogen) atoms. The van der Waals surface area contributed by atoms with E-state index in [0.717, 1.165) is 16.8 Å². The topological polar surface area (TPSA) is 66.7 Å². The Bertz CT molecular complexity index is 1070. The molecule has 1 aliphatic heterocycles. The third kappa shape index (κ3) is 4.42. The number of piperidine rings is 1. The lowest BCUT2D eigenvalue weighted by Crippen LogP contribution is -2.44. The van der Waals surface area contributed by atoms with E-state index in [1.54, 1.807) is 47.3 Å². The van der Waals surface area contributed by atoms with Gasteiger partial charge in [0, 0.05) is 32.3 Å². The van der Waals surface area contributed by atoms with Gasteiger partial charge >= 0.3 is 0 Å². The van der Waals surface area contributed by atoms with Crippen LogP contribution in [0.15, 0.2) is 65.4 Å². The Morgan fingerprint density at radius 2 is 1.84 bits per heavy atom. The molecule has 1 unspecified atom stereocenters. The number of likely N-dealkylation sites (tertiary alicyclic amines) is 1. The maximum Gasteiger partial charge on any atom is 0.289 e. The first-order chi connectivity index (χ1) is 15.5. The summed E-state index contributed by atoms with van der Waals surface area (Å²) in [5.41, 5.74) is 2.52. The number of benzene rings is 1. The van der Waals surface area contributed by atoms with Crippen molar-refractivity contribution >= 4 is 11.8 Å². The number of nitrogens with zero attached hydrogens (tertiary/aromatic N) is 3. The van der Waals surface area contributed by atoms with Crippen LogP contribution in [0.3, 0.4) is 0 Å². The van der Waals surface area contributed by atoms with Crippen molar-refractivity contribution in [3.63, 3.8) is 0 Å². The van der Waals surface area contributed by atoms with E-state index in [1.807, 2.05) is 19.1 Å². The summed E-state index contributed by atoms with van der Waals surface area (Å²) < 4.78 is 18.8. The van der Waals surface area contributed by atoms with Gasteiger partial charge in [-0.1, -0.05) is 18.2 Å². The number of aryl methyl sites for hydroxylation is 1. The van der Waals surface area contributed by atoms with Crippen molar-refractivity contribution in [1.29, 1.82) is 0 Å². The standard InChI is InChI=1S/C25H26FN3O3/c1-17-5-3-13-27-22(17)23(18-7-9-20(26)10-8-18)28(2)24(30)19-11-14-29(15-12-19)25(31)21-6-4-16-32-21/h3-10,13,16,19,23H,11-12,14-15H2,1-2H3. The molecule has 1 aromatic carbocycles. The van der Waals surface area contributed by atoms with Crippen molar-refractivity contribution in [2.75, 3.05) is 20.1 Å². The van der Waals surface area contributed by atoms with Crippen LogP contribution in [-0.2, 0) is 4.79 Å². The first-order valence-corrected chi connectivity index (χ1v) is 10.7. The number of aromatic nitrogens is 1. The maximum absolute atomic E-state index is 13.6. The molecule has 166 valence electrons. The number of halogens is 1. The van der Waals surface area contributed by atoms with Crippen molar-refractivity contribution in [2.45, 2.75) is 25.8 Å². The maximum atomic E-state index is 13.6. The van der Waals surface area contributed by atoms with E-state index in [2.05, 4.69) is 4.98 Å². The van der Waals surface area contributed by atoms with E-state index < -0.39 is 6.04 Å². The second kappa shape index (κ2) is 9.34. The third-order valence-electron chi connectivity index (χ3n) is 6.09. The molecule has 1 saturated heterocycles. The van der Waals surface area contributed by atoms with E-state index in [0.29, 0.717) is 31.7 Å². The molecule has 0 saturated carbocycles. The predicted octanol–water partition coefficient (Wildman–Crippen LogP) is 4.22. The van der Waals surface area contributed by atoms with Gasteiger partial charge in [0.25, 0.3) is 5.91 Å². The van der Waals surface area contributed by atoms with Crippen LogP contribution in [0.2, 0.25) is 0 Å². The highest BCUT2D eigenvalue weighted by atomic mass is 19.1. The highest BCUT2D eigenvalue weighted by Gasteiger charge is 2.34. The summed E-state index contributed by atoms with van der Waals surface area (Å²) in [7, 11) is 1.77. The number of hydrogen-bond acceptors (Lipinski definition) is 4. The predicted molar refractivity (Wildman–Crippen MR) is 117 cm³/mol. The zero-order valence-electron chi connectivity index (χ0n) is 18.2. The molecule has 1 aliphatic rings. The molecule has 7 heteroatoms. The molecule has 2 aromatic heterocycles. The van der Waals surface area contributed by atoms with Crippen LogP contribution in [0.5, 0.6) is 0 Å². The minimum absolute atomic E-state index is 0.00512. The number of pyridine rings is 1. The second-order valence-corrected chi connectivity index (χ2v) is 8.15. The Morgan fingerprint density at radius 3 is 2.47 bits per heavy atom. The fraction of sp³-hybridized carbons (Fsp3) is 0.320. The van der Waals surface area contributed by atoms with Gasteiger partial charge in [0.2, 0.25) is 5.91 Å². The summed E-state index contributed by atoms with van der Waals surface area (Å²) in [5.74, 6) is -0.369. The van der Waals surface area contributed by atoms with Gasteiger partial charge in [-0.25, -0.2) is 4.39 Å². The molecule has 3 aromatic rings. The van der Waals surface area contributed by atoms with E-state index >= 15 is 0 Å². The van der Waals surface area contributed by atoms with Crippen LogP contribution < -0.4 is 0 Å². The number of amides is 2. The number of hydrogen-bond donors (Lipinski definition) is 0. The molecule has 0 bridgehead atoms. The molecule has 6 nitrogen and oxygen atoms in total. The summed E-state index contributed by atoms with van der Waals surface area (Å²) in [6, 6.07) is 12.9. The van der Waals surface area contributed by atoms with Crippen molar-refractivity contribution in [3.05, 3.63) is 89.4 Å². The smallest absolute Gasteiger partial charge is 0.289 e. The monoisotopic (exact) mass is 435 g/mol. The van der Waals surface area contributed by atoms with E-state index in [9.17, 15) is 14.0 Å². The molecule has 2 amide bonds. The number of carbonyl (C=O) groups is 2. The van der Waals surface area contributed by atoms with Gasteiger partial charge in [0.15, 0.2) is 5.76 Å². The van der Waals surface area contributed by atoms with Gasteiger partial charge < -0.3 is 14.2 Å². The molecular formula is C25H26FN3O3. The normalized spacial score (nSPS) is 15.4. The Balaban J connectivity index is 1.52. The number of furan rings is 1. The van der Waals surface area contributed by atoms with Crippen LogP contribution in [0.4, 0.5) is 4.39 Å². The minimum Gasteiger partial charge on any atom is -0.459 e. The molecule has 0 radical (unpaired) electrons. The Kier molecular flexibility index (Phi) is 6.35. The molecular weight excluding hydrogens is 409 g/mol. The van der Waals surface area contributed by atoms with Gasteiger partial charge in [0.05, 0.1) is 18.0 Å². The zero-order valence-corrected chi connectivity index (χ0v) is 18.2. The average Bonchev–Trinajstić information content (AvgIpc) is 3.36. The quantitative estimate of drug-likeness (QED) is 0.602. The lowest BCUT2D eigenvalue weighted by Gasteiger charge is -2.36. The van der Waals surface area contributed by atoms with Gasteiger partial charge in [-0.15, -0.1) is 0 Å². The molecule has 0 N–H and O–H groups in total. The van der Waals surface area contributed by atoms with Gasteiger partial charge in [0.1, 0.15) is 5.82 Å². The summed E-state index contributed by atoms with van der Waals surface area (Å²) >= 11 is 0. The summed E-state index contributed by atoms with van der Waals surface area (Å²) in [5, 5.41) is 0. The Hall–Kier alpha value is -3.48. The summed E-state index contributed by atoms with van der Waals surface area (Å²) in [6.07, 6.45) is 4.34. The first kappa shape index (κ1) is 21.7. The summed E-state index contributed by atoms with van der Waals surface area (Å²) in [4.78, 5) is 34.0. The molecule has 0 spiro atoms. The van der Waals surface area contributed by atoms with Crippen LogP contribution in [0.1, 0.15) is 46.3 Å². The lowest BCUT2D eigenvalue weighted by molar-refractivity contribution is -0.137. The van der Waals surface area contributed by atoms with E-state index in [-0.39, 0.29) is 23.5 Å². The Morgan fingerprint density at radius 1 is 1.12 bits per heavy atom. The van der Waals surface area contributed by atoms with Gasteiger partial charge in [-0.05, 0) is 61.2 Å². The van der Waals surface area contributed by atoms with Crippen LogP contribution >= 0.6 is 0 Å².